The highest BCUT2D eigenvalue weighted by Crippen LogP contribution is 2.40. The maximum Gasteiger partial charge on any atom is 0.143 e. The van der Waals surface area contributed by atoms with Crippen molar-refractivity contribution in [3.05, 3.63) is 45.6 Å². The van der Waals surface area contributed by atoms with Crippen LogP contribution >= 0.6 is 36.2 Å². The minimum Gasteiger partial charge on any atom is -0.505 e. The molecule has 23 heavy (non-hydrogen) atoms. The Morgan fingerprint density at radius 1 is 1.22 bits per heavy atom. The van der Waals surface area contributed by atoms with Gasteiger partial charge < -0.3 is 16.2 Å². The summed E-state index contributed by atoms with van der Waals surface area (Å²) < 4.78 is 0. The number of phenols is 1. The fourth-order valence-electron chi connectivity index (χ4n) is 2.96. The van der Waals surface area contributed by atoms with Crippen LogP contribution in [0.25, 0.3) is 0 Å². The molecule has 1 atom stereocenters. The lowest BCUT2D eigenvalue weighted by atomic mass is 9.96. The first-order chi connectivity index (χ1) is 10.2. The molecule has 1 saturated heterocycles. The summed E-state index contributed by atoms with van der Waals surface area (Å²) in [5.41, 5.74) is 8.41. The predicted molar refractivity (Wildman–Crippen MR) is 102 cm³/mol. The van der Waals surface area contributed by atoms with Crippen LogP contribution in [-0.2, 0) is 0 Å². The fourth-order valence-corrected chi connectivity index (χ4v) is 3.83. The van der Waals surface area contributed by atoms with Crippen molar-refractivity contribution in [1.82, 2.24) is 10.2 Å². The normalized spacial score (nSPS) is 16.2. The molecule has 7 heteroatoms. The van der Waals surface area contributed by atoms with Crippen LogP contribution in [0.3, 0.4) is 0 Å². The lowest BCUT2D eigenvalue weighted by molar-refractivity contribution is 0.197. The number of phenolic OH excluding ortho intramolecular Hbond substituents is 1. The molecule has 4 N–H and O–H groups in total. The van der Waals surface area contributed by atoms with Crippen LogP contribution in [0.1, 0.15) is 22.0 Å². The number of thiophene rings is 1. The van der Waals surface area contributed by atoms with Crippen molar-refractivity contribution in [2.75, 3.05) is 31.9 Å². The molecule has 3 rings (SSSR count). The molecule has 0 aliphatic carbocycles. The van der Waals surface area contributed by atoms with E-state index < -0.39 is 0 Å². The number of hydrogen-bond acceptors (Lipinski definition) is 5. The average molecular weight is 376 g/mol. The second-order valence-corrected chi connectivity index (χ2v) is 6.42. The van der Waals surface area contributed by atoms with E-state index in [-0.39, 0.29) is 36.6 Å². The van der Waals surface area contributed by atoms with Crippen molar-refractivity contribution in [2.45, 2.75) is 13.0 Å². The van der Waals surface area contributed by atoms with Crippen molar-refractivity contribution >= 4 is 41.8 Å². The Hall–Kier alpha value is -0.980. The summed E-state index contributed by atoms with van der Waals surface area (Å²) in [7, 11) is 0. The summed E-state index contributed by atoms with van der Waals surface area (Å²) in [5.74, 6) is 0.229. The molecule has 4 nitrogen and oxygen atoms in total. The van der Waals surface area contributed by atoms with Gasteiger partial charge in [-0.05, 0) is 30.0 Å². The molecule has 0 bridgehead atoms. The summed E-state index contributed by atoms with van der Waals surface area (Å²) in [6.45, 7) is 5.93. The maximum absolute atomic E-state index is 10.5. The average Bonchev–Trinajstić information content (AvgIpc) is 3.02. The number of halogens is 2. The predicted octanol–water partition coefficient (Wildman–Crippen LogP) is 3.18. The van der Waals surface area contributed by atoms with Crippen LogP contribution in [0.4, 0.5) is 5.69 Å². The van der Waals surface area contributed by atoms with E-state index in [2.05, 4.69) is 27.7 Å². The summed E-state index contributed by atoms with van der Waals surface area (Å²) in [6, 6.07) is 8.05. The molecule has 0 unspecified atom stereocenters. The summed E-state index contributed by atoms with van der Waals surface area (Å²) >= 11 is 1.73. The smallest absolute Gasteiger partial charge is 0.143 e. The van der Waals surface area contributed by atoms with Crippen LogP contribution in [0.2, 0.25) is 0 Å². The topological polar surface area (TPSA) is 61.5 Å². The number of rotatable bonds is 3. The van der Waals surface area contributed by atoms with Gasteiger partial charge in [-0.25, -0.2) is 0 Å². The maximum atomic E-state index is 10.5. The first-order valence-electron chi connectivity index (χ1n) is 7.24. The number of nitrogens with one attached hydrogen (secondary N) is 1. The molecule has 128 valence electrons. The first-order valence-corrected chi connectivity index (χ1v) is 8.12. The van der Waals surface area contributed by atoms with Gasteiger partial charge in [0.1, 0.15) is 5.75 Å². The minimum atomic E-state index is 0. The largest absolute Gasteiger partial charge is 0.505 e. The third kappa shape index (κ3) is 4.11. The van der Waals surface area contributed by atoms with Gasteiger partial charge in [0.2, 0.25) is 0 Å². The van der Waals surface area contributed by atoms with E-state index in [4.69, 9.17) is 5.73 Å². The van der Waals surface area contributed by atoms with E-state index in [0.717, 1.165) is 37.3 Å². The second-order valence-electron chi connectivity index (χ2n) is 5.44. The van der Waals surface area contributed by atoms with Gasteiger partial charge in [-0.2, -0.15) is 0 Å². The van der Waals surface area contributed by atoms with Crippen molar-refractivity contribution in [1.29, 1.82) is 0 Å². The van der Waals surface area contributed by atoms with Crippen molar-refractivity contribution < 1.29 is 5.11 Å². The molecule has 0 radical (unpaired) electrons. The van der Waals surface area contributed by atoms with Crippen molar-refractivity contribution in [2.24, 2.45) is 0 Å². The Balaban J connectivity index is 0.00000132. The molecule has 1 aliphatic rings. The molecule has 1 fully saturated rings. The van der Waals surface area contributed by atoms with Gasteiger partial charge >= 0.3 is 0 Å². The van der Waals surface area contributed by atoms with Gasteiger partial charge in [-0.3, -0.25) is 4.90 Å². The number of nitrogens with zero attached hydrogens (tertiary/aromatic N) is 1. The van der Waals surface area contributed by atoms with Gasteiger partial charge in [0, 0.05) is 36.6 Å². The first kappa shape index (κ1) is 20.1. The molecule has 2 aromatic rings. The Labute approximate surface area is 153 Å². The molecule has 1 aliphatic heterocycles. The number of aryl methyl sites for hydroxylation is 1. The monoisotopic (exact) mass is 375 g/mol. The third-order valence-electron chi connectivity index (χ3n) is 4.07. The van der Waals surface area contributed by atoms with Crippen LogP contribution in [0.5, 0.6) is 5.75 Å². The molecular formula is C16H23Cl2N3OS. The Morgan fingerprint density at radius 3 is 2.52 bits per heavy atom. The van der Waals surface area contributed by atoms with Crippen LogP contribution in [0, 0.1) is 6.92 Å². The summed E-state index contributed by atoms with van der Waals surface area (Å²) in [5, 5.41) is 16.0. The lowest BCUT2D eigenvalue weighted by Gasteiger charge is -2.35. The van der Waals surface area contributed by atoms with E-state index >= 15 is 0 Å². The zero-order valence-corrected chi connectivity index (χ0v) is 15.4. The lowest BCUT2D eigenvalue weighted by Crippen LogP contribution is -2.45. The van der Waals surface area contributed by atoms with Gasteiger partial charge in [0.25, 0.3) is 0 Å². The molecule has 1 aromatic carbocycles. The number of anilines is 1. The molecule has 2 heterocycles. The zero-order valence-electron chi connectivity index (χ0n) is 13.0. The standard InChI is InChI=1S/C16H21N3OS.2ClH/c1-11-4-5-12(17)16(20)14(11)15(13-3-2-10-21-13)19-8-6-18-7-9-19;;/h2-5,10,15,18,20H,6-9,17H2,1H3;2*1H/t15-;;/m1../s1. The third-order valence-corrected chi connectivity index (χ3v) is 4.99. The van der Waals surface area contributed by atoms with Crippen LogP contribution in [-0.4, -0.2) is 36.2 Å². The molecule has 1 aromatic heterocycles. The highest BCUT2D eigenvalue weighted by atomic mass is 35.5. The number of hydrogen-bond donors (Lipinski definition) is 3. The molecule has 0 saturated carbocycles. The quantitative estimate of drug-likeness (QED) is 0.569. The summed E-state index contributed by atoms with van der Waals surface area (Å²) in [4.78, 5) is 3.67. The second kappa shape index (κ2) is 8.76. The SMILES string of the molecule is Cc1ccc(N)c(O)c1[C@@H](c1cccs1)N1CCNCC1.Cl.Cl. The Bertz CT molecular complexity index is 616. The number of piperazine rings is 1. The number of benzene rings is 1. The van der Waals surface area contributed by atoms with Gasteiger partial charge in [-0.1, -0.05) is 12.1 Å². The van der Waals surface area contributed by atoms with E-state index in [1.807, 2.05) is 13.0 Å². The van der Waals surface area contributed by atoms with Gasteiger partial charge in [-0.15, -0.1) is 36.2 Å². The van der Waals surface area contributed by atoms with E-state index in [9.17, 15) is 5.11 Å². The number of nitrogens with two attached hydrogens (primary N) is 1. The molecule has 0 spiro atoms. The van der Waals surface area contributed by atoms with Gasteiger partial charge in [0.05, 0.1) is 11.7 Å². The highest BCUT2D eigenvalue weighted by molar-refractivity contribution is 7.10. The fraction of sp³-hybridized carbons (Fsp3) is 0.375. The Kier molecular flexibility index (Phi) is 7.64. The number of aromatic hydroxyl groups is 1. The van der Waals surface area contributed by atoms with Crippen LogP contribution in [0.15, 0.2) is 29.6 Å². The highest BCUT2D eigenvalue weighted by Gasteiger charge is 2.28. The molecule has 0 amide bonds. The van der Waals surface area contributed by atoms with E-state index in [1.54, 1.807) is 17.4 Å². The van der Waals surface area contributed by atoms with E-state index in [0.29, 0.717) is 5.69 Å². The van der Waals surface area contributed by atoms with Crippen LogP contribution < -0.4 is 11.1 Å². The number of nitrogen functional groups attached to an aromatic ring is 1. The van der Waals surface area contributed by atoms with Crippen molar-refractivity contribution in [3.63, 3.8) is 0 Å². The Morgan fingerprint density at radius 2 is 1.91 bits per heavy atom. The molecular weight excluding hydrogens is 353 g/mol. The van der Waals surface area contributed by atoms with Gasteiger partial charge in [0.15, 0.2) is 0 Å². The van der Waals surface area contributed by atoms with E-state index in [1.165, 1.54) is 4.88 Å². The zero-order chi connectivity index (χ0) is 14.8. The summed E-state index contributed by atoms with van der Waals surface area (Å²) in [6.07, 6.45) is 0. The minimum absolute atomic E-state index is 0. The van der Waals surface area contributed by atoms with Crippen molar-refractivity contribution in [3.8, 4) is 5.75 Å².